The SMILES string of the molecule is Cc1occc1C(=O)N(C)[C@H](Cc1ccccc1F)C1CCN(Cc2cccc(OCCO)c2)CC1. The van der Waals surface area contributed by atoms with Crippen LogP contribution in [0.1, 0.15) is 40.1 Å². The second kappa shape index (κ2) is 12.2. The fourth-order valence-corrected chi connectivity index (χ4v) is 5.11. The summed E-state index contributed by atoms with van der Waals surface area (Å²) in [4.78, 5) is 17.5. The van der Waals surface area contributed by atoms with E-state index in [2.05, 4.69) is 11.0 Å². The van der Waals surface area contributed by atoms with E-state index in [0.717, 1.165) is 43.8 Å². The van der Waals surface area contributed by atoms with Gasteiger partial charge in [0, 0.05) is 19.6 Å². The second-order valence-electron chi connectivity index (χ2n) is 9.50. The van der Waals surface area contributed by atoms with Crippen LogP contribution in [0.3, 0.4) is 0 Å². The summed E-state index contributed by atoms with van der Waals surface area (Å²) in [6.45, 7) is 4.66. The smallest absolute Gasteiger partial charge is 0.257 e. The van der Waals surface area contributed by atoms with E-state index < -0.39 is 0 Å². The fourth-order valence-electron chi connectivity index (χ4n) is 5.11. The zero-order valence-corrected chi connectivity index (χ0v) is 21.0. The van der Waals surface area contributed by atoms with E-state index in [1.807, 2.05) is 37.4 Å². The molecular formula is C29H35FN2O4. The van der Waals surface area contributed by atoms with Gasteiger partial charge in [0.15, 0.2) is 0 Å². The van der Waals surface area contributed by atoms with Gasteiger partial charge in [-0.1, -0.05) is 30.3 Å². The number of carbonyl (C=O) groups is 1. The molecule has 0 unspecified atom stereocenters. The summed E-state index contributed by atoms with van der Waals surface area (Å²) in [6, 6.07) is 16.4. The van der Waals surface area contributed by atoms with Crippen LogP contribution in [0.15, 0.2) is 65.3 Å². The van der Waals surface area contributed by atoms with Gasteiger partial charge in [0.1, 0.15) is 23.9 Å². The Morgan fingerprint density at radius 2 is 1.97 bits per heavy atom. The molecule has 2 heterocycles. The quantitative estimate of drug-likeness (QED) is 0.443. The molecule has 192 valence electrons. The molecule has 2 aromatic carbocycles. The highest BCUT2D eigenvalue weighted by Gasteiger charge is 2.33. The molecule has 0 bridgehead atoms. The van der Waals surface area contributed by atoms with Gasteiger partial charge in [-0.25, -0.2) is 4.39 Å². The molecule has 3 aromatic rings. The standard InChI is InChI=1S/C29H35FN2O4/c1-21-26(12-16-35-21)29(34)31(2)28(19-24-7-3-4-9-27(24)30)23-10-13-32(14-11-23)20-22-6-5-8-25(18-22)36-17-15-33/h3-9,12,16,18,23,28,33H,10-11,13-15,17,19-20H2,1-2H3/t28-/m1/s1. The summed E-state index contributed by atoms with van der Waals surface area (Å²) >= 11 is 0. The van der Waals surface area contributed by atoms with Crippen molar-refractivity contribution in [3.05, 3.63) is 89.1 Å². The number of aliphatic hydroxyl groups is 1. The number of hydrogen-bond acceptors (Lipinski definition) is 5. The Morgan fingerprint density at radius 1 is 1.19 bits per heavy atom. The van der Waals surface area contributed by atoms with Crippen LogP contribution >= 0.6 is 0 Å². The Balaban J connectivity index is 1.45. The third kappa shape index (κ3) is 6.33. The number of nitrogens with zero attached hydrogens (tertiary/aromatic N) is 2. The lowest BCUT2D eigenvalue weighted by atomic mass is 9.84. The molecule has 1 aromatic heterocycles. The van der Waals surface area contributed by atoms with Crippen LogP contribution in [0.4, 0.5) is 4.39 Å². The van der Waals surface area contributed by atoms with E-state index in [-0.39, 0.29) is 36.9 Å². The zero-order chi connectivity index (χ0) is 25.5. The van der Waals surface area contributed by atoms with Crippen LogP contribution in [-0.4, -0.2) is 60.2 Å². The first-order chi connectivity index (χ1) is 17.5. The lowest BCUT2D eigenvalue weighted by molar-refractivity contribution is 0.0581. The van der Waals surface area contributed by atoms with Crippen LogP contribution in [0.25, 0.3) is 0 Å². The van der Waals surface area contributed by atoms with Gasteiger partial charge in [-0.05, 0) is 80.6 Å². The minimum Gasteiger partial charge on any atom is -0.491 e. The van der Waals surface area contributed by atoms with Crippen molar-refractivity contribution in [2.24, 2.45) is 5.92 Å². The van der Waals surface area contributed by atoms with Gasteiger partial charge in [0.05, 0.1) is 18.4 Å². The van der Waals surface area contributed by atoms with Crippen molar-refractivity contribution < 1.29 is 23.4 Å². The average Bonchev–Trinajstić information content (AvgIpc) is 3.32. The molecule has 7 heteroatoms. The molecule has 4 rings (SSSR count). The molecule has 1 aliphatic rings. The summed E-state index contributed by atoms with van der Waals surface area (Å²) in [5, 5.41) is 8.99. The van der Waals surface area contributed by atoms with Crippen LogP contribution in [0, 0.1) is 18.7 Å². The summed E-state index contributed by atoms with van der Waals surface area (Å²) in [6.07, 6.45) is 3.84. The van der Waals surface area contributed by atoms with Crippen LogP contribution in [0.2, 0.25) is 0 Å². The predicted octanol–water partition coefficient (Wildman–Crippen LogP) is 4.69. The van der Waals surface area contributed by atoms with Crippen LogP contribution < -0.4 is 4.74 Å². The Bertz CT molecular complexity index is 1140. The molecule has 1 aliphatic heterocycles. The second-order valence-corrected chi connectivity index (χ2v) is 9.50. The minimum atomic E-state index is -0.233. The Morgan fingerprint density at radius 3 is 2.67 bits per heavy atom. The highest BCUT2D eigenvalue weighted by Crippen LogP contribution is 2.29. The molecule has 1 atom stereocenters. The fraction of sp³-hybridized carbons (Fsp3) is 0.414. The maximum absolute atomic E-state index is 14.6. The van der Waals surface area contributed by atoms with Crippen molar-refractivity contribution in [1.29, 1.82) is 0 Å². The molecule has 0 saturated carbocycles. The number of likely N-dealkylation sites (N-methyl/N-ethyl adjacent to an activating group) is 1. The van der Waals surface area contributed by atoms with Crippen LogP contribution in [-0.2, 0) is 13.0 Å². The number of aryl methyl sites for hydroxylation is 1. The van der Waals surface area contributed by atoms with E-state index in [1.54, 1.807) is 24.0 Å². The van der Waals surface area contributed by atoms with Crippen molar-refractivity contribution >= 4 is 5.91 Å². The number of aliphatic hydroxyl groups excluding tert-OH is 1. The third-order valence-corrected chi connectivity index (χ3v) is 7.13. The molecule has 1 N–H and O–H groups in total. The highest BCUT2D eigenvalue weighted by atomic mass is 19.1. The van der Waals surface area contributed by atoms with Gasteiger partial charge in [-0.3, -0.25) is 9.69 Å². The molecule has 0 spiro atoms. The molecule has 1 saturated heterocycles. The molecule has 6 nitrogen and oxygen atoms in total. The topological polar surface area (TPSA) is 66.2 Å². The third-order valence-electron chi connectivity index (χ3n) is 7.13. The number of benzene rings is 2. The number of likely N-dealkylation sites (tertiary alicyclic amines) is 1. The summed E-state index contributed by atoms with van der Waals surface area (Å²) in [7, 11) is 1.82. The van der Waals surface area contributed by atoms with E-state index >= 15 is 0 Å². The van der Waals surface area contributed by atoms with Crippen molar-refractivity contribution in [3.63, 3.8) is 0 Å². The Kier molecular flexibility index (Phi) is 8.78. The number of ether oxygens (including phenoxy) is 1. The maximum Gasteiger partial charge on any atom is 0.257 e. The molecule has 0 radical (unpaired) electrons. The molecule has 1 fully saturated rings. The number of furan rings is 1. The molecule has 1 amide bonds. The lowest BCUT2D eigenvalue weighted by Gasteiger charge is -2.40. The molecule has 0 aliphatic carbocycles. The van der Waals surface area contributed by atoms with Gasteiger partial charge in [-0.2, -0.15) is 0 Å². The lowest BCUT2D eigenvalue weighted by Crippen LogP contribution is -2.47. The van der Waals surface area contributed by atoms with Gasteiger partial charge in [0.25, 0.3) is 5.91 Å². The van der Waals surface area contributed by atoms with Crippen molar-refractivity contribution in [2.45, 2.75) is 38.8 Å². The largest absolute Gasteiger partial charge is 0.491 e. The first kappa shape index (κ1) is 25.9. The first-order valence-electron chi connectivity index (χ1n) is 12.6. The zero-order valence-electron chi connectivity index (χ0n) is 21.0. The number of carbonyl (C=O) groups excluding carboxylic acids is 1. The van der Waals surface area contributed by atoms with Crippen molar-refractivity contribution in [2.75, 3.05) is 33.4 Å². The highest BCUT2D eigenvalue weighted by molar-refractivity contribution is 5.95. The molecular weight excluding hydrogens is 459 g/mol. The Labute approximate surface area is 212 Å². The Hall–Kier alpha value is -3.16. The van der Waals surface area contributed by atoms with Crippen molar-refractivity contribution in [3.8, 4) is 5.75 Å². The molecule has 36 heavy (non-hydrogen) atoms. The van der Waals surface area contributed by atoms with Gasteiger partial charge in [0.2, 0.25) is 0 Å². The number of hydrogen-bond donors (Lipinski definition) is 1. The summed E-state index contributed by atoms with van der Waals surface area (Å²) in [5.41, 5.74) is 2.35. The van der Waals surface area contributed by atoms with E-state index in [4.69, 9.17) is 14.3 Å². The monoisotopic (exact) mass is 494 g/mol. The van der Waals surface area contributed by atoms with Gasteiger partial charge < -0.3 is 19.2 Å². The number of amides is 1. The maximum atomic E-state index is 14.6. The number of piperidine rings is 1. The van der Waals surface area contributed by atoms with E-state index in [9.17, 15) is 9.18 Å². The van der Waals surface area contributed by atoms with E-state index in [1.165, 1.54) is 12.3 Å². The number of halogens is 1. The van der Waals surface area contributed by atoms with E-state index in [0.29, 0.717) is 23.3 Å². The van der Waals surface area contributed by atoms with Gasteiger partial charge in [-0.15, -0.1) is 0 Å². The normalized spacial score (nSPS) is 15.6. The van der Waals surface area contributed by atoms with Crippen LogP contribution in [0.5, 0.6) is 5.75 Å². The van der Waals surface area contributed by atoms with Gasteiger partial charge >= 0.3 is 0 Å². The summed E-state index contributed by atoms with van der Waals surface area (Å²) in [5.74, 6) is 1.28. The average molecular weight is 495 g/mol. The number of rotatable bonds is 10. The minimum absolute atomic E-state index is 0.0110. The van der Waals surface area contributed by atoms with Crippen molar-refractivity contribution in [1.82, 2.24) is 9.80 Å². The predicted molar refractivity (Wildman–Crippen MR) is 136 cm³/mol. The first-order valence-corrected chi connectivity index (χ1v) is 12.6. The summed E-state index contributed by atoms with van der Waals surface area (Å²) < 4.78 is 25.5.